The molecule has 0 radical (unpaired) electrons. The average molecular weight is 392 g/mol. The first-order valence-electron chi connectivity index (χ1n) is 7.30. The number of carbonyl (C=O) groups excluding carboxylic acids is 1. The third-order valence-corrected chi connectivity index (χ3v) is 4.32. The van der Waals surface area contributed by atoms with E-state index in [2.05, 4.69) is 15.6 Å². The van der Waals surface area contributed by atoms with Crippen molar-refractivity contribution < 1.29 is 23.0 Å². The lowest BCUT2D eigenvalue weighted by molar-refractivity contribution is -0.384. The molecular formula is C14H12N6O6S. The quantitative estimate of drug-likeness (QED) is 0.437. The van der Waals surface area contributed by atoms with E-state index in [1.807, 2.05) is 0 Å². The van der Waals surface area contributed by atoms with E-state index in [-0.39, 0.29) is 16.1 Å². The number of hydrogen-bond acceptors (Lipinski definition) is 8. The lowest BCUT2D eigenvalue weighted by atomic mass is 10.3. The average Bonchev–Trinajstić information content (AvgIpc) is 3.02. The monoisotopic (exact) mass is 392 g/mol. The number of fused-ring (bicyclic) bond motifs is 1. The number of nitrogens with one attached hydrogen (secondary N) is 1. The highest BCUT2D eigenvalue weighted by Crippen LogP contribution is 2.18. The van der Waals surface area contributed by atoms with Crippen molar-refractivity contribution in [3.05, 3.63) is 52.6 Å². The Kier molecular flexibility index (Phi) is 4.70. The largest absolute Gasteiger partial charge is 0.385 e. The maximum Gasteiger partial charge on any atom is 0.271 e. The highest BCUT2D eigenvalue weighted by atomic mass is 32.2. The molecule has 0 unspecified atom stereocenters. The van der Waals surface area contributed by atoms with Gasteiger partial charge in [-0.1, -0.05) is 4.85 Å². The summed E-state index contributed by atoms with van der Waals surface area (Å²) in [6, 6.07) is 9.13. The van der Waals surface area contributed by atoms with Crippen LogP contribution in [0.4, 0.5) is 11.4 Å². The summed E-state index contributed by atoms with van der Waals surface area (Å²) in [5, 5.41) is 25.8. The van der Waals surface area contributed by atoms with Crippen LogP contribution in [-0.2, 0) is 14.8 Å². The first kappa shape index (κ1) is 18.2. The van der Waals surface area contributed by atoms with Gasteiger partial charge in [-0.25, -0.2) is 13.6 Å². The summed E-state index contributed by atoms with van der Waals surface area (Å²) in [7, 11) is -3.82. The fourth-order valence-corrected chi connectivity index (χ4v) is 2.66. The molecule has 0 atom stereocenters. The first-order chi connectivity index (χ1) is 12.7. The van der Waals surface area contributed by atoms with Gasteiger partial charge in [0.1, 0.15) is 11.0 Å². The van der Waals surface area contributed by atoms with Crippen LogP contribution in [0.5, 0.6) is 0 Å². The molecule has 1 aromatic heterocycles. The van der Waals surface area contributed by atoms with Crippen molar-refractivity contribution in [1.29, 1.82) is 0 Å². The van der Waals surface area contributed by atoms with Crippen molar-refractivity contribution in [2.75, 3.05) is 11.9 Å². The van der Waals surface area contributed by atoms with E-state index in [9.17, 15) is 23.3 Å². The molecule has 1 amide bonds. The van der Waals surface area contributed by atoms with E-state index in [1.54, 1.807) is 0 Å². The second kappa shape index (κ2) is 6.97. The number of carbonyl (C=O) groups is 1. The van der Waals surface area contributed by atoms with E-state index in [4.69, 9.17) is 9.98 Å². The molecule has 0 fully saturated rings. The molecule has 3 aromatic rings. The number of nitro groups is 1. The molecule has 13 heteroatoms. The minimum absolute atomic E-state index is 0.0903. The molecule has 12 nitrogen and oxygen atoms in total. The smallest absolute Gasteiger partial charge is 0.271 e. The summed E-state index contributed by atoms with van der Waals surface area (Å²) in [5.41, 5.74) is 0.748. The lowest BCUT2D eigenvalue weighted by Crippen LogP contribution is -2.26. The number of nitro benzene ring substituents is 1. The molecule has 0 spiro atoms. The third-order valence-electron chi connectivity index (χ3n) is 3.39. The summed E-state index contributed by atoms with van der Waals surface area (Å²) in [4.78, 5) is 28.2. The van der Waals surface area contributed by atoms with E-state index < -0.39 is 27.5 Å². The summed E-state index contributed by atoms with van der Waals surface area (Å²) in [6.45, 7) is -0.460. The van der Waals surface area contributed by atoms with E-state index in [0.29, 0.717) is 11.2 Å². The van der Waals surface area contributed by atoms with Crippen LogP contribution >= 0.6 is 0 Å². The predicted octanol–water partition coefficient (Wildman–Crippen LogP) is 0.0542. The number of anilines is 1. The van der Waals surface area contributed by atoms with Gasteiger partial charge in [0.2, 0.25) is 10.0 Å². The summed E-state index contributed by atoms with van der Waals surface area (Å²) >= 11 is 0. The number of aromatic nitrogens is 3. The van der Waals surface area contributed by atoms with Gasteiger partial charge in [-0.2, -0.15) is 0 Å². The Hall–Kier alpha value is -3.58. The molecule has 0 aliphatic carbocycles. The Morgan fingerprint density at radius 2 is 1.96 bits per heavy atom. The normalized spacial score (nSPS) is 11.3. The Morgan fingerprint density at radius 1 is 1.26 bits per heavy atom. The van der Waals surface area contributed by atoms with Crippen molar-refractivity contribution >= 4 is 38.3 Å². The molecule has 0 aliphatic rings. The van der Waals surface area contributed by atoms with Crippen molar-refractivity contribution in [2.45, 2.75) is 4.90 Å². The van der Waals surface area contributed by atoms with Gasteiger partial charge in [0.05, 0.1) is 9.82 Å². The molecule has 0 bridgehead atoms. The molecule has 1 heterocycles. The highest BCUT2D eigenvalue weighted by Gasteiger charge is 2.13. The van der Waals surface area contributed by atoms with Crippen LogP contribution in [0.3, 0.4) is 0 Å². The standard InChI is InChI=1S/C14H12N6O6S/c15-27(24,25)11-4-1-9(2-5-11)16-14(21)8-26-19-13-7-10(20(22)23)3-6-12(13)17-18-19/h1-7H,8H2,(H,16,21)(H2,15,24,25). The van der Waals surface area contributed by atoms with Crippen LogP contribution in [0.1, 0.15) is 0 Å². The minimum Gasteiger partial charge on any atom is -0.385 e. The molecule has 3 N–H and O–H groups in total. The number of non-ortho nitro benzene ring substituents is 1. The maximum atomic E-state index is 12.0. The van der Waals surface area contributed by atoms with Gasteiger partial charge in [-0.3, -0.25) is 14.9 Å². The van der Waals surface area contributed by atoms with Crippen LogP contribution in [-0.4, -0.2) is 41.0 Å². The highest BCUT2D eigenvalue weighted by molar-refractivity contribution is 7.89. The van der Waals surface area contributed by atoms with Crippen LogP contribution in [0.2, 0.25) is 0 Å². The number of amides is 1. The third kappa shape index (κ3) is 4.16. The van der Waals surface area contributed by atoms with Crippen LogP contribution in [0.25, 0.3) is 11.0 Å². The summed E-state index contributed by atoms with van der Waals surface area (Å²) in [5.74, 6) is -0.563. The lowest BCUT2D eigenvalue weighted by Gasteiger charge is -2.07. The van der Waals surface area contributed by atoms with Gasteiger partial charge >= 0.3 is 0 Å². The van der Waals surface area contributed by atoms with Gasteiger partial charge < -0.3 is 10.2 Å². The van der Waals surface area contributed by atoms with Crippen molar-refractivity contribution in [2.24, 2.45) is 5.14 Å². The van der Waals surface area contributed by atoms with E-state index in [1.165, 1.54) is 42.5 Å². The van der Waals surface area contributed by atoms with Crippen LogP contribution in [0, 0.1) is 10.1 Å². The van der Waals surface area contributed by atoms with Gasteiger partial charge in [0.15, 0.2) is 6.61 Å². The zero-order chi connectivity index (χ0) is 19.6. The molecule has 0 saturated heterocycles. The Bertz CT molecular complexity index is 1120. The molecule has 27 heavy (non-hydrogen) atoms. The fourth-order valence-electron chi connectivity index (χ4n) is 2.14. The second-order valence-electron chi connectivity index (χ2n) is 5.28. The number of nitrogens with zero attached hydrogens (tertiary/aromatic N) is 4. The van der Waals surface area contributed by atoms with Gasteiger partial charge in [0, 0.05) is 17.8 Å². The van der Waals surface area contributed by atoms with Crippen molar-refractivity contribution in [1.82, 2.24) is 15.2 Å². The Balaban J connectivity index is 1.66. The molecule has 3 rings (SSSR count). The zero-order valence-electron chi connectivity index (χ0n) is 13.5. The molecule has 2 aromatic carbocycles. The first-order valence-corrected chi connectivity index (χ1v) is 8.84. The van der Waals surface area contributed by atoms with Crippen LogP contribution < -0.4 is 15.3 Å². The Morgan fingerprint density at radius 3 is 2.59 bits per heavy atom. The van der Waals surface area contributed by atoms with Gasteiger partial charge in [0.25, 0.3) is 11.6 Å². The number of hydrogen-bond donors (Lipinski definition) is 2. The predicted molar refractivity (Wildman–Crippen MR) is 92.1 cm³/mol. The zero-order valence-corrected chi connectivity index (χ0v) is 14.3. The summed E-state index contributed by atoms with van der Waals surface area (Å²) in [6.07, 6.45) is 0. The minimum atomic E-state index is -3.82. The SMILES string of the molecule is NS(=O)(=O)c1ccc(NC(=O)COn2nnc3ccc([N+](=O)[O-])cc32)cc1. The fraction of sp³-hybridized carbons (Fsp3) is 0.0714. The molecule has 0 aliphatic heterocycles. The van der Waals surface area contributed by atoms with Gasteiger partial charge in [-0.15, -0.1) is 5.10 Å². The molecule has 0 saturated carbocycles. The van der Waals surface area contributed by atoms with Crippen molar-refractivity contribution in [3.8, 4) is 0 Å². The van der Waals surface area contributed by atoms with Gasteiger partial charge in [-0.05, 0) is 35.5 Å². The number of rotatable bonds is 6. The van der Waals surface area contributed by atoms with Crippen LogP contribution in [0.15, 0.2) is 47.4 Å². The summed E-state index contributed by atoms with van der Waals surface area (Å²) < 4.78 is 22.4. The van der Waals surface area contributed by atoms with Crippen molar-refractivity contribution in [3.63, 3.8) is 0 Å². The Labute approximate surface area is 151 Å². The maximum absolute atomic E-state index is 12.0. The molecule has 140 valence electrons. The number of nitrogens with two attached hydrogens (primary N) is 1. The second-order valence-corrected chi connectivity index (χ2v) is 6.84. The van der Waals surface area contributed by atoms with E-state index in [0.717, 1.165) is 4.85 Å². The number of sulfonamides is 1. The van der Waals surface area contributed by atoms with E-state index >= 15 is 0 Å². The topological polar surface area (TPSA) is 172 Å². The number of primary sulfonamides is 1. The molecular weight excluding hydrogens is 380 g/mol. The number of benzene rings is 2.